The Kier molecular flexibility index (Phi) is 4.52. The molecule has 0 radical (unpaired) electrons. The molecular weight excluding hydrogens is 162 g/mol. The van der Waals surface area contributed by atoms with Crippen molar-refractivity contribution >= 4 is 17.7 Å². The lowest BCUT2D eigenvalue weighted by Crippen LogP contribution is -2.48. The van der Waals surface area contributed by atoms with Crippen molar-refractivity contribution in [3.63, 3.8) is 0 Å². The maximum Gasteiger partial charge on any atom is 0.326 e. The summed E-state index contributed by atoms with van der Waals surface area (Å²) in [6.07, 6.45) is 1.91. The topological polar surface area (TPSA) is 52.3 Å². The Bertz CT molecular complexity index is 136. The van der Waals surface area contributed by atoms with Gasteiger partial charge in [-0.2, -0.15) is 11.8 Å². The molecule has 4 heteroatoms. The Balaban J connectivity index is 3.94. The standard InChI is InChI=1S/C7H15NO2S/c1-4-10-6(9)7(2,8)5-11-3/h4-5,8H2,1-3H3. The molecule has 0 aliphatic heterocycles. The Labute approximate surface area is 71.7 Å². The van der Waals surface area contributed by atoms with Gasteiger partial charge in [0.25, 0.3) is 0 Å². The van der Waals surface area contributed by atoms with Crippen molar-refractivity contribution in [1.29, 1.82) is 0 Å². The number of ether oxygens (including phenoxy) is 1. The first kappa shape index (κ1) is 10.8. The van der Waals surface area contributed by atoms with Gasteiger partial charge in [0.1, 0.15) is 5.54 Å². The average Bonchev–Trinajstić information content (AvgIpc) is 1.88. The van der Waals surface area contributed by atoms with E-state index in [1.54, 1.807) is 13.8 Å². The Morgan fingerprint density at radius 3 is 2.64 bits per heavy atom. The Morgan fingerprint density at radius 1 is 1.73 bits per heavy atom. The van der Waals surface area contributed by atoms with Gasteiger partial charge in [-0.25, -0.2) is 0 Å². The van der Waals surface area contributed by atoms with Crippen molar-refractivity contribution in [3.8, 4) is 0 Å². The fourth-order valence-corrected chi connectivity index (χ4v) is 1.37. The van der Waals surface area contributed by atoms with Crippen LogP contribution in [0.3, 0.4) is 0 Å². The van der Waals surface area contributed by atoms with Gasteiger partial charge < -0.3 is 10.5 Å². The largest absolute Gasteiger partial charge is 0.465 e. The molecule has 0 aromatic rings. The van der Waals surface area contributed by atoms with E-state index in [1.807, 2.05) is 6.26 Å². The van der Waals surface area contributed by atoms with Gasteiger partial charge in [-0.3, -0.25) is 4.79 Å². The van der Waals surface area contributed by atoms with E-state index in [0.717, 1.165) is 0 Å². The normalized spacial score (nSPS) is 15.6. The second-order valence-electron chi connectivity index (χ2n) is 2.57. The maximum atomic E-state index is 11.1. The summed E-state index contributed by atoms with van der Waals surface area (Å²) >= 11 is 1.54. The summed E-state index contributed by atoms with van der Waals surface area (Å²) in [5, 5.41) is 0. The third-order valence-corrected chi connectivity index (χ3v) is 2.07. The molecule has 0 aliphatic carbocycles. The van der Waals surface area contributed by atoms with Gasteiger partial charge in [-0.1, -0.05) is 0 Å². The molecule has 0 rings (SSSR count). The van der Waals surface area contributed by atoms with Gasteiger partial charge in [0.05, 0.1) is 6.61 Å². The minimum absolute atomic E-state index is 0.325. The lowest BCUT2D eigenvalue weighted by molar-refractivity contribution is -0.148. The molecule has 0 bridgehead atoms. The maximum absolute atomic E-state index is 11.1. The first-order chi connectivity index (χ1) is 5.04. The zero-order valence-corrected chi connectivity index (χ0v) is 8.03. The van der Waals surface area contributed by atoms with E-state index >= 15 is 0 Å². The van der Waals surface area contributed by atoms with Crippen molar-refractivity contribution in [2.75, 3.05) is 18.6 Å². The molecule has 2 N–H and O–H groups in total. The number of carbonyl (C=O) groups is 1. The number of esters is 1. The van der Waals surface area contributed by atoms with Gasteiger partial charge in [0.15, 0.2) is 0 Å². The predicted octanol–water partition coefficient (Wildman–Crippen LogP) is 0.630. The molecule has 0 spiro atoms. The van der Waals surface area contributed by atoms with Gasteiger partial charge in [0, 0.05) is 5.75 Å². The van der Waals surface area contributed by atoms with Crippen LogP contribution in [0.15, 0.2) is 0 Å². The molecule has 0 saturated carbocycles. The van der Waals surface area contributed by atoms with E-state index in [2.05, 4.69) is 0 Å². The number of hydrogen-bond donors (Lipinski definition) is 1. The Hall–Kier alpha value is -0.220. The first-order valence-corrected chi connectivity index (χ1v) is 4.89. The van der Waals surface area contributed by atoms with Crippen LogP contribution in [-0.2, 0) is 9.53 Å². The van der Waals surface area contributed by atoms with Crippen molar-refractivity contribution in [3.05, 3.63) is 0 Å². The van der Waals surface area contributed by atoms with E-state index in [9.17, 15) is 4.79 Å². The zero-order chi connectivity index (χ0) is 8.91. The average molecular weight is 177 g/mol. The van der Waals surface area contributed by atoms with Crippen LogP contribution in [-0.4, -0.2) is 30.1 Å². The highest BCUT2D eigenvalue weighted by Crippen LogP contribution is 2.09. The summed E-state index contributed by atoms with van der Waals surface area (Å²) in [6, 6.07) is 0. The molecular formula is C7H15NO2S. The third kappa shape index (κ3) is 3.62. The van der Waals surface area contributed by atoms with Crippen LogP contribution in [0.2, 0.25) is 0 Å². The van der Waals surface area contributed by atoms with Gasteiger partial charge in [-0.15, -0.1) is 0 Å². The molecule has 0 aromatic heterocycles. The first-order valence-electron chi connectivity index (χ1n) is 3.49. The van der Waals surface area contributed by atoms with Crippen molar-refractivity contribution in [2.24, 2.45) is 5.73 Å². The van der Waals surface area contributed by atoms with E-state index in [4.69, 9.17) is 10.5 Å². The Morgan fingerprint density at radius 2 is 2.27 bits per heavy atom. The molecule has 1 unspecified atom stereocenters. The van der Waals surface area contributed by atoms with Crippen molar-refractivity contribution in [2.45, 2.75) is 19.4 Å². The minimum Gasteiger partial charge on any atom is -0.465 e. The van der Waals surface area contributed by atoms with Crippen LogP contribution in [0.5, 0.6) is 0 Å². The number of carbonyl (C=O) groups excluding carboxylic acids is 1. The highest BCUT2D eigenvalue weighted by molar-refractivity contribution is 7.98. The monoisotopic (exact) mass is 177 g/mol. The van der Waals surface area contributed by atoms with Crippen LogP contribution >= 0.6 is 11.8 Å². The number of rotatable bonds is 4. The summed E-state index contributed by atoms with van der Waals surface area (Å²) in [5.41, 5.74) is 4.82. The quantitative estimate of drug-likeness (QED) is 0.640. The zero-order valence-electron chi connectivity index (χ0n) is 7.22. The second-order valence-corrected chi connectivity index (χ2v) is 3.44. The molecule has 3 nitrogen and oxygen atoms in total. The van der Waals surface area contributed by atoms with E-state index in [-0.39, 0.29) is 5.97 Å². The van der Waals surface area contributed by atoms with Crippen LogP contribution in [0, 0.1) is 0 Å². The summed E-state index contributed by atoms with van der Waals surface area (Å²) in [7, 11) is 0. The predicted molar refractivity (Wildman–Crippen MR) is 47.6 cm³/mol. The second kappa shape index (κ2) is 4.62. The fourth-order valence-electron chi connectivity index (χ4n) is 0.655. The van der Waals surface area contributed by atoms with E-state index < -0.39 is 5.54 Å². The fraction of sp³-hybridized carbons (Fsp3) is 0.857. The minimum atomic E-state index is -0.838. The molecule has 0 saturated heterocycles. The van der Waals surface area contributed by atoms with Gasteiger partial charge in [-0.05, 0) is 20.1 Å². The molecule has 0 aromatic carbocycles. The smallest absolute Gasteiger partial charge is 0.326 e. The SMILES string of the molecule is CCOC(=O)C(C)(N)CSC. The third-order valence-electron chi connectivity index (χ3n) is 1.19. The van der Waals surface area contributed by atoms with Crippen LogP contribution < -0.4 is 5.73 Å². The molecule has 0 amide bonds. The molecule has 0 heterocycles. The van der Waals surface area contributed by atoms with E-state index in [1.165, 1.54) is 11.8 Å². The highest BCUT2D eigenvalue weighted by Gasteiger charge is 2.28. The van der Waals surface area contributed by atoms with Crippen molar-refractivity contribution < 1.29 is 9.53 Å². The summed E-state index contributed by atoms with van der Waals surface area (Å²) in [5.74, 6) is 0.264. The summed E-state index contributed by atoms with van der Waals surface area (Å²) in [4.78, 5) is 11.1. The van der Waals surface area contributed by atoms with Gasteiger partial charge >= 0.3 is 5.97 Å². The number of thioether (sulfide) groups is 1. The molecule has 0 fully saturated rings. The molecule has 1 atom stereocenters. The van der Waals surface area contributed by atoms with Crippen LogP contribution in [0.1, 0.15) is 13.8 Å². The molecule has 66 valence electrons. The van der Waals surface area contributed by atoms with Crippen LogP contribution in [0.25, 0.3) is 0 Å². The summed E-state index contributed by atoms with van der Waals surface area (Å²) < 4.78 is 4.78. The van der Waals surface area contributed by atoms with Crippen molar-refractivity contribution in [1.82, 2.24) is 0 Å². The highest BCUT2D eigenvalue weighted by atomic mass is 32.2. The van der Waals surface area contributed by atoms with E-state index in [0.29, 0.717) is 12.4 Å². The number of nitrogens with two attached hydrogens (primary N) is 1. The molecule has 0 aliphatic rings. The van der Waals surface area contributed by atoms with Gasteiger partial charge in [0.2, 0.25) is 0 Å². The summed E-state index contributed by atoms with van der Waals surface area (Å²) in [6.45, 7) is 3.84. The van der Waals surface area contributed by atoms with Crippen LogP contribution in [0.4, 0.5) is 0 Å². The molecule has 11 heavy (non-hydrogen) atoms. The lowest BCUT2D eigenvalue weighted by Gasteiger charge is -2.20. The lowest BCUT2D eigenvalue weighted by atomic mass is 10.1. The number of hydrogen-bond acceptors (Lipinski definition) is 4.